The molecule has 3 rings (SSSR count). The highest BCUT2D eigenvalue weighted by Gasteiger charge is 2.24. The maximum atomic E-state index is 12.1. The monoisotopic (exact) mass is 356 g/mol. The Labute approximate surface area is 148 Å². The van der Waals surface area contributed by atoms with Crippen molar-refractivity contribution in [2.24, 2.45) is 11.7 Å². The van der Waals surface area contributed by atoms with Crippen molar-refractivity contribution in [1.82, 2.24) is 15.2 Å². The van der Waals surface area contributed by atoms with Gasteiger partial charge in [-0.3, -0.25) is 4.98 Å². The Kier molecular flexibility index (Phi) is 7.55. The summed E-state index contributed by atoms with van der Waals surface area (Å²) in [6.45, 7) is 2.71. The van der Waals surface area contributed by atoms with E-state index in [1.807, 2.05) is 35.4 Å². The molecule has 0 bridgehead atoms. The van der Waals surface area contributed by atoms with Crippen LogP contribution >= 0.6 is 24.8 Å². The van der Waals surface area contributed by atoms with Gasteiger partial charge in [0, 0.05) is 31.2 Å². The van der Waals surface area contributed by atoms with Gasteiger partial charge in [0.2, 0.25) is 0 Å². The van der Waals surface area contributed by atoms with Crippen LogP contribution in [0.2, 0.25) is 0 Å². The molecule has 1 aromatic heterocycles. The molecule has 3 N–H and O–H groups in total. The first-order valence-electron chi connectivity index (χ1n) is 7.33. The maximum absolute atomic E-state index is 12.1. The molecule has 1 unspecified atom stereocenters. The number of amides is 2. The summed E-state index contributed by atoms with van der Waals surface area (Å²) in [7, 11) is 0. The van der Waals surface area contributed by atoms with Gasteiger partial charge in [0.1, 0.15) is 0 Å². The van der Waals surface area contributed by atoms with E-state index in [9.17, 15) is 4.79 Å². The average molecular weight is 357 g/mol. The highest BCUT2D eigenvalue weighted by molar-refractivity contribution is 5.85. The Morgan fingerprint density at radius 3 is 2.87 bits per heavy atom. The SMILES string of the molecule is Cl.Cl.NCC1CCN(C(=O)NCc2cnc3ccccc3c2)C1. The fourth-order valence-electron chi connectivity index (χ4n) is 2.71. The lowest BCUT2D eigenvalue weighted by atomic mass is 10.1. The molecule has 2 amide bonds. The Balaban J connectivity index is 0.00000132. The van der Waals surface area contributed by atoms with Gasteiger partial charge >= 0.3 is 6.03 Å². The van der Waals surface area contributed by atoms with Crippen LogP contribution in [0.4, 0.5) is 4.79 Å². The van der Waals surface area contributed by atoms with Crippen LogP contribution in [0, 0.1) is 5.92 Å². The van der Waals surface area contributed by atoms with E-state index < -0.39 is 0 Å². The molecule has 0 spiro atoms. The Bertz CT molecular complexity index is 653. The van der Waals surface area contributed by atoms with Crippen molar-refractivity contribution in [3.05, 3.63) is 42.1 Å². The molecule has 1 fully saturated rings. The maximum Gasteiger partial charge on any atom is 0.317 e. The number of aromatic nitrogens is 1. The van der Waals surface area contributed by atoms with Crippen molar-refractivity contribution in [2.45, 2.75) is 13.0 Å². The van der Waals surface area contributed by atoms with Crippen molar-refractivity contribution in [3.8, 4) is 0 Å². The third-order valence-corrected chi connectivity index (χ3v) is 4.00. The summed E-state index contributed by atoms with van der Waals surface area (Å²) < 4.78 is 0. The largest absolute Gasteiger partial charge is 0.334 e. The lowest BCUT2D eigenvalue weighted by Crippen LogP contribution is -2.38. The predicted molar refractivity (Wildman–Crippen MR) is 97.2 cm³/mol. The van der Waals surface area contributed by atoms with E-state index >= 15 is 0 Å². The van der Waals surface area contributed by atoms with Crippen LogP contribution < -0.4 is 11.1 Å². The number of rotatable bonds is 3. The standard InChI is InChI=1S/C16H20N4O.2ClH/c17-8-12-5-6-20(11-12)16(21)19-10-13-7-14-3-1-2-4-15(14)18-9-13;;/h1-4,7,9,12H,5-6,8,10-11,17H2,(H,19,21);2*1H. The number of pyridine rings is 1. The zero-order chi connectivity index (χ0) is 14.7. The van der Waals surface area contributed by atoms with Crippen molar-refractivity contribution in [1.29, 1.82) is 0 Å². The number of urea groups is 1. The lowest BCUT2D eigenvalue weighted by Gasteiger charge is -2.17. The van der Waals surface area contributed by atoms with E-state index in [-0.39, 0.29) is 30.8 Å². The van der Waals surface area contributed by atoms with Gasteiger partial charge in [-0.2, -0.15) is 0 Å². The topological polar surface area (TPSA) is 71.2 Å². The summed E-state index contributed by atoms with van der Waals surface area (Å²) in [4.78, 5) is 18.3. The minimum atomic E-state index is -0.0147. The molecule has 0 radical (unpaired) electrons. The molecule has 2 aromatic rings. The van der Waals surface area contributed by atoms with Gasteiger partial charge in [0.15, 0.2) is 0 Å². The van der Waals surface area contributed by atoms with Crippen molar-refractivity contribution < 1.29 is 4.79 Å². The van der Waals surface area contributed by atoms with Gasteiger partial charge in [-0.15, -0.1) is 24.8 Å². The van der Waals surface area contributed by atoms with Crippen molar-refractivity contribution in [3.63, 3.8) is 0 Å². The zero-order valence-electron chi connectivity index (χ0n) is 12.8. The summed E-state index contributed by atoms with van der Waals surface area (Å²) in [6.07, 6.45) is 2.82. The quantitative estimate of drug-likeness (QED) is 0.887. The first-order valence-corrected chi connectivity index (χ1v) is 7.33. The third kappa shape index (κ3) is 4.70. The number of nitrogens with one attached hydrogen (secondary N) is 1. The van der Waals surface area contributed by atoms with Crippen molar-refractivity contribution >= 4 is 41.7 Å². The third-order valence-electron chi connectivity index (χ3n) is 4.00. The number of benzene rings is 1. The molecular formula is C16H22Cl2N4O. The van der Waals surface area contributed by atoms with E-state index in [0.717, 1.165) is 36.0 Å². The summed E-state index contributed by atoms with van der Waals surface area (Å²) in [5.41, 5.74) is 7.63. The molecule has 0 saturated carbocycles. The van der Waals surface area contributed by atoms with Gasteiger partial charge in [-0.25, -0.2) is 4.79 Å². The van der Waals surface area contributed by atoms with Gasteiger partial charge in [-0.1, -0.05) is 18.2 Å². The van der Waals surface area contributed by atoms with Crippen LogP contribution in [-0.2, 0) is 6.54 Å². The van der Waals surface area contributed by atoms with Crippen LogP contribution in [0.3, 0.4) is 0 Å². The number of hydrogen-bond acceptors (Lipinski definition) is 3. The van der Waals surface area contributed by atoms with Crippen LogP contribution in [0.5, 0.6) is 0 Å². The number of likely N-dealkylation sites (tertiary alicyclic amines) is 1. The average Bonchev–Trinajstić information content (AvgIpc) is 3.01. The molecule has 1 saturated heterocycles. The molecule has 2 heterocycles. The first kappa shape index (κ1) is 19.5. The second-order valence-electron chi connectivity index (χ2n) is 5.53. The van der Waals surface area contributed by atoms with E-state index in [1.54, 1.807) is 0 Å². The number of para-hydroxylation sites is 1. The summed E-state index contributed by atoms with van der Waals surface area (Å²) in [5.74, 6) is 0.443. The minimum absolute atomic E-state index is 0. The number of halogens is 2. The van der Waals surface area contributed by atoms with Gasteiger partial charge in [0.05, 0.1) is 5.52 Å². The highest BCUT2D eigenvalue weighted by Crippen LogP contribution is 2.15. The Hall–Kier alpha value is -1.56. The highest BCUT2D eigenvalue weighted by atomic mass is 35.5. The Morgan fingerprint density at radius 1 is 1.35 bits per heavy atom. The molecule has 23 heavy (non-hydrogen) atoms. The van der Waals surface area contributed by atoms with E-state index in [0.29, 0.717) is 19.0 Å². The number of carbonyl (C=O) groups is 1. The molecular weight excluding hydrogens is 335 g/mol. The lowest BCUT2D eigenvalue weighted by molar-refractivity contribution is 0.206. The smallest absolute Gasteiger partial charge is 0.317 e. The molecule has 1 aromatic carbocycles. The molecule has 1 aliphatic heterocycles. The van der Waals surface area contributed by atoms with Gasteiger partial charge in [-0.05, 0) is 36.6 Å². The van der Waals surface area contributed by atoms with Crippen LogP contribution in [0.15, 0.2) is 36.5 Å². The molecule has 0 aliphatic carbocycles. The zero-order valence-corrected chi connectivity index (χ0v) is 14.4. The number of hydrogen-bond donors (Lipinski definition) is 2. The van der Waals surface area contributed by atoms with Gasteiger partial charge < -0.3 is 16.0 Å². The van der Waals surface area contributed by atoms with Crippen LogP contribution in [0.1, 0.15) is 12.0 Å². The van der Waals surface area contributed by atoms with E-state index in [4.69, 9.17) is 5.73 Å². The summed E-state index contributed by atoms with van der Waals surface area (Å²) in [6, 6.07) is 10.0. The molecule has 126 valence electrons. The molecule has 5 nitrogen and oxygen atoms in total. The van der Waals surface area contributed by atoms with Crippen LogP contribution in [-0.4, -0.2) is 35.5 Å². The fraction of sp³-hybridized carbons (Fsp3) is 0.375. The number of fused-ring (bicyclic) bond motifs is 1. The predicted octanol–water partition coefficient (Wildman–Crippen LogP) is 2.57. The van der Waals surface area contributed by atoms with E-state index in [1.165, 1.54) is 0 Å². The second-order valence-corrected chi connectivity index (χ2v) is 5.53. The molecule has 1 aliphatic rings. The first-order chi connectivity index (χ1) is 10.3. The van der Waals surface area contributed by atoms with Crippen molar-refractivity contribution in [2.75, 3.05) is 19.6 Å². The molecule has 7 heteroatoms. The number of nitrogens with zero attached hydrogens (tertiary/aromatic N) is 2. The van der Waals surface area contributed by atoms with Crippen LogP contribution in [0.25, 0.3) is 10.9 Å². The number of nitrogens with two attached hydrogens (primary N) is 1. The summed E-state index contributed by atoms with van der Waals surface area (Å²) in [5, 5.41) is 4.05. The second kappa shape index (κ2) is 8.91. The van der Waals surface area contributed by atoms with Gasteiger partial charge in [0.25, 0.3) is 0 Å². The van der Waals surface area contributed by atoms with E-state index in [2.05, 4.69) is 16.4 Å². The minimum Gasteiger partial charge on any atom is -0.334 e. The Morgan fingerprint density at radius 2 is 2.13 bits per heavy atom. The summed E-state index contributed by atoms with van der Waals surface area (Å²) >= 11 is 0. The fourth-order valence-corrected chi connectivity index (χ4v) is 2.71. The molecule has 1 atom stereocenters. The normalized spacial score (nSPS) is 16.6. The number of carbonyl (C=O) groups excluding carboxylic acids is 1.